The van der Waals surface area contributed by atoms with E-state index in [1.807, 2.05) is 39.0 Å². The molecule has 0 spiro atoms. The number of aryl methyl sites for hydroxylation is 1. The van der Waals surface area contributed by atoms with Gasteiger partial charge in [0, 0.05) is 0 Å². The van der Waals surface area contributed by atoms with Crippen molar-refractivity contribution in [2.24, 2.45) is 0 Å². The van der Waals surface area contributed by atoms with Crippen molar-refractivity contribution in [3.05, 3.63) is 28.8 Å². The molecule has 1 heterocycles. The van der Waals surface area contributed by atoms with Crippen molar-refractivity contribution in [3.8, 4) is 0 Å². The fourth-order valence-electron chi connectivity index (χ4n) is 1.75. The number of hydrogen-bond acceptors (Lipinski definition) is 3. The maximum atomic E-state index is 6.22. The second kappa shape index (κ2) is 4.84. The average Bonchev–Trinajstić information content (AvgIpc) is 2.27. The molecule has 2 rings (SSSR count). The third kappa shape index (κ3) is 3.12. The number of hydrogen-bond donors (Lipinski definition) is 1. The molecule has 0 radical (unpaired) electrons. The molecule has 0 aliphatic carbocycles. The van der Waals surface area contributed by atoms with Gasteiger partial charge in [0.1, 0.15) is 0 Å². The highest BCUT2D eigenvalue weighted by molar-refractivity contribution is 6.34. The molecule has 1 saturated heterocycles. The van der Waals surface area contributed by atoms with Crippen molar-refractivity contribution in [2.75, 3.05) is 18.5 Å². The Morgan fingerprint density at radius 2 is 1.94 bits per heavy atom. The molecule has 17 heavy (non-hydrogen) atoms. The lowest BCUT2D eigenvalue weighted by Crippen LogP contribution is -2.45. The molecular formula is C13H18ClNO2. The van der Waals surface area contributed by atoms with Gasteiger partial charge < -0.3 is 14.8 Å². The highest BCUT2D eigenvalue weighted by Gasteiger charge is 2.28. The predicted octanol–water partition coefficient (Wildman–Crippen LogP) is 3.21. The minimum absolute atomic E-state index is 0.141. The van der Waals surface area contributed by atoms with E-state index in [1.54, 1.807) is 0 Å². The Morgan fingerprint density at radius 1 is 1.29 bits per heavy atom. The second-order valence-corrected chi connectivity index (χ2v) is 5.18. The molecule has 1 aromatic carbocycles. The fraction of sp³-hybridized carbons (Fsp3) is 0.538. The molecule has 0 amide bonds. The van der Waals surface area contributed by atoms with Gasteiger partial charge in [-0.25, -0.2) is 0 Å². The zero-order chi connectivity index (χ0) is 12.5. The Labute approximate surface area is 107 Å². The zero-order valence-electron chi connectivity index (χ0n) is 10.4. The first-order valence-electron chi connectivity index (χ1n) is 5.77. The Morgan fingerprint density at radius 3 is 2.59 bits per heavy atom. The molecule has 1 aromatic rings. The quantitative estimate of drug-likeness (QED) is 0.880. The molecule has 94 valence electrons. The van der Waals surface area contributed by atoms with Gasteiger partial charge in [-0.15, -0.1) is 0 Å². The number of benzene rings is 1. The van der Waals surface area contributed by atoms with E-state index in [2.05, 4.69) is 5.32 Å². The number of ether oxygens (including phenoxy) is 2. The molecule has 1 aliphatic heterocycles. The summed E-state index contributed by atoms with van der Waals surface area (Å²) in [5.41, 5.74) is 2.00. The molecule has 1 fully saturated rings. The molecule has 0 aromatic heterocycles. The summed E-state index contributed by atoms with van der Waals surface area (Å²) in [6.45, 7) is 7.07. The van der Waals surface area contributed by atoms with Gasteiger partial charge in [-0.05, 0) is 32.4 Å². The predicted molar refractivity (Wildman–Crippen MR) is 69.6 cm³/mol. The molecule has 1 N–H and O–H groups in total. The van der Waals surface area contributed by atoms with Crippen LogP contribution in [-0.4, -0.2) is 25.0 Å². The maximum Gasteiger partial charge on any atom is 0.162 e. The van der Waals surface area contributed by atoms with Crippen LogP contribution in [0.3, 0.4) is 0 Å². The van der Waals surface area contributed by atoms with Gasteiger partial charge in [0.05, 0.1) is 30.0 Å². The van der Waals surface area contributed by atoms with Crippen molar-refractivity contribution in [1.29, 1.82) is 0 Å². The normalized spacial score (nSPS) is 20.2. The maximum absolute atomic E-state index is 6.22. The minimum Gasteiger partial charge on any atom is -0.376 e. The average molecular weight is 256 g/mol. The van der Waals surface area contributed by atoms with Crippen LogP contribution in [0.2, 0.25) is 5.02 Å². The number of anilines is 1. The summed E-state index contributed by atoms with van der Waals surface area (Å²) in [7, 11) is 0. The van der Waals surface area contributed by atoms with E-state index in [1.165, 1.54) is 0 Å². The van der Waals surface area contributed by atoms with Gasteiger partial charge in [-0.2, -0.15) is 0 Å². The molecule has 3 nitrogen and oxygen atoms in total. The van der Waals surface area contributed by atoms with E-state index in [9.17, 15) is 0 Å². The SMILES string of the molecule is Cc1cccc(NC2COC(C)(C)OC2)c1Cl. The topological polar surface area (TPSA) is 30.5 Å². The number of halogens is 1. The minimum atomic E-state index is -0.478. The van der Waals surface area contributed by atoms with Gasteiger partial charge in [-0.3, -0.25) is 0 Å². The first-order chi connectivity index (χ1) is 7.98. The van der Waals surface area contributed by atoms with Crippen molar-refractivity contribution in [3.63, 3.8) is 0 Å². The standard InChI is InChI=1S/C13H18ClNO2/c1-9-5-4-6-11(12(9)14)15-10-7-16-13(2,3)17-8-10/h4-6,10,15H,7-8H2,1-3H3. The highest BCUT2D eigenvalue weighted by atomic mass is 35.5. The van der Waals surface area contributed by atoms with Crippen LogP contribution in [0.15, 0.2) is 18.2 Å². The lowest BCUT2D eigenvalue weighted by molar-refractivity contribution is -0.247. The van der Waals surface area contributed by atoms with Crippen LogP contribution in [-0.2, 0) is 9.47 Å². The van der Waals surface area contributed by atoms with Crippen molar-refractivity contribution >= 4 is 17.3 Å². The van der Waals surface area contributed by atoms with E-state index < -0.39 is 5.79 Å². The Hall–Kier alpha value is -0.770. The Bertz CT molecular complexity index is 396. The largest absolute Gasteiger partial charge is 0.376 e. The monoisotopic (exact) mass is 255 g/mol. The van der Waals surface area contributed by atoms with E-state index in [0.717, 1.165) is 16.3 Å². The van der Waals surface area contributed by atoms with Crippen LogP contribution in [0, 0.1) is 6.92 Å². The smallest absolute Gasteiger partial charge is 0.162 e. The fourth-order valence-corrected chi connectivity index (χ4v) is 1.94. The van der Waals surface area contributed by atoms with Gasteiger partial charge in [0.2, 0.25) is 0 Å². The van der Waals surface area contributed by atoms with Crippen LogP contribution in [0.5, 0.6) is 0 Å². The Balaban J connectivity index is 2.00. The van der Waals surface area contributed by atoms with Crippen LogP contribution in [0.1, 0.15) is 19.4 Å². The van der Waals surface area contributed by atoms with Gasteiger partial charge in [0.25, 0.3) is 0 Å². The summed E-state index contributed by atoms with van der Waals surface area (Å²) in [6.07, 6.45) is 0. The molecule has 0 atom stereocenters. The second-order valence-electron chi connectivity index (χ2n) is 4.80. The van der Waals surface area contributed by atoms with E-state index in [-0.39, 0.29) is 6.04 Å². The lowest BCUT2D eigenvalue weighted by Gasteiger charge is -2.35. The third-order valence-corrected chi connectivity index (χ3v) is 3.32. The van der Waals surface area contributed by atoms with Gasteiger partial charge in [-0.1, -0.05) is 23.7 Å². The molecule has 1 aliphatic rings. The molecule has 0 saturated carbocycles. The van der Waals surface area contributed by atoms with Crippen molar-refractivity contribution in [2.45, 2.75) is 32.6 Å². The van der Waals surface area contributed by atoms with Crippen LogP contribution < -0.4 is 5.32 Å². The van der Waals surface area contributed by atoms with Crippen LogP contribution >= 0.6 is 11.6 Å². The first-order valence-corrected chi connectivity index (χ1v) is 6.15. The summed E-state index contributed by atoms with van der Waals surface area (Å²) in [5, 5.41) is 4.11. The summed E-state index contributed by atoms with van der Waals surface area (Å²) in [6, 6.07) is 6.08. The van der Waals surface area contributed by atoms with Gasteiger partial charge in [0.15, 0.2) is 5.79 Å². The summed E-state index contributed by atoms with van der Waals surface area (Å²) >= 11 is 6.22. The zero-order valence-corrected chi connectivity index (χ0v) is 11.2. The van der Waals surface area contributed by atoms with E-state index in [4.69, 9.17) is 21.1 Å². The first kappa shape index (κ1) is 12.7. The Kier molecular flexibility index (Phi) is 3.61. The number of nitrogens with one attached hydrogen (secondary N) is 1. The molecular weight excluding hydrogens is 238 g/mol. The lowest BCUT2D eigenvalue weighted by atomic mass is 10.2. The third-order valence-electron chi connectivity index (χ3n) is 2.82. The van der Waals surface area contributed by atoms with Crippen LogP contribution in [0.4, 0.5) is 5.69 Å². The highest BCUT2D eigenvalue weighted by Crippen LogP contribution is 2.27. The summed E-state index contributed by atoms with van der Waals surface area (Å²) < 4.78 is 11.2. The summed E-state index contributed by atoms with van der Waals surface area (Å²) in [5.74, 6) is -0.478. The molecule has 4 heteroatoms. The van der Waals surface area contributed by atoms with Gasteiger partial charge >= 0.3 is 0 Å². The molecule has 0 bridgehead atoms. The van der Waals surface area contributed by atoms with E-state index >= 15 is 0 Å². The summed E-state index contributed by atoms with van der Waals surface area (Å²) in [4.78, 5) is 0. The molecule has 0 unspecified atom stereocenters. The van der Waals surface area contributed by atoms with E-state index in [0.29, 0.717) is 13.2 Å². The number of rotatable bonds is 2. The van der Waals surface area contributed by atoms with Crippen molar-refractivity contribution in [1.82, 2.24) is 0 Å². The van der Waals surface area contributed by atoms with Crippen molar-refractivity contribution < 1.29 is 9.47 Å². The van der Waals surface area contributed by atoms with Crippen LogP contribution in [0.25, 0.3) is 0 Å².